The molecule has 3 aromatic carbocycles. The SMILES string of the molecule is COc1ccc(CN(C(=O)COC(=O)c2ccccc2C(=O)N(C)c2ccccc2)C2CC2)cc1. The second-order valence-corrected chi connectivity index (χ2v) is 8.42. The Morgan fingerprint density at radius 2 is 1.49 bits per heavy atom. The van der Waals surface area contributed by atoms with Crippen LogP contribution in [0.15, 0.2) is 78.9 Å². The van der Waals surface area contributed by atoms with Gasteiger partial charge in [0.15, 0.2) is 6.61 Å². The number of methoxy groups -OCH3 is 1. The minimum absolute atomic E-state index is 0.126. The Bertz CT molecular complexity index is 1190. The lowest BCUT2D eigenvalue weighted by atomic mass is 10.1. The summed E-state index contributed by atoms with van der Waals surface area (Å²) >= 11 is 0. The molecular weight excluding hydrogens is 444 g/mol. The molecule has 0 unspecified atom stereocenters. The molecule has 0 bridgehead atoms. The summed E-state index contributed by atoms with van der Waals surface area (Å²) < 4.78 is 10.6. The molecule has 7 nitrogen and oxygen atoms in total. The predicted molar refractivity (Wildman–Crippen MR) is 132 cm³/mol. The van der Waals surface area contributed by atoms with E-state index in [1.54, 1.807) is 37.3 Å². The molecule has 0 radical (unpaired) electrons. The van der Waals surface area contributed by atoms with Crippen molar-refractivity contribution < 1.29 is 23.9 Å². The second-order valence-electron chi connectivity index (χ2n) is 8.42. The monoisotopic (exact) mass is 472 g/mol. The van der Waals surface area contributed by atoms with E-state index in [0.717, 1.165) is 24.2 Å². The molecule has 7 heteroatoms. The molecule has 0 atom stereocenters. The smallest absolute Gasteiger partial charge is 0.339 e. The van der Waals surface area contributed by atoms with Gasteiger partial charge in [-0.05, 0) is 54.8 Å². The summed E-state index contributed by atoms with van der Waals surface area (Å²) in [6.45, 7) is 0.0462. The second kappa shape index (κ2) is 10.9. The molecule has 1 aliphatic rings. The van der Waals surface area contributed by atoms with Gasteiger partial charge >= 0.3 is 5.97 Å². The Balaban J connectivity index is 1.42. The molecule has 0 aliphatic heterocycles. The number of ether oxygens (including phenoxy) is 2. The number of hydrogen-bond acceptors (Lipinski definition) is 5. The maximum Gasteiger partial charge on any atom is 0.339 e. The van der Waals surface area contributed by atoms with Gasteiger partial charge in [0.05, 0.1) is 18.2 Å². The number of esters is 1. The number of carbonyl (C=O) groups is 3. The number of benzene rings is 3. The van der Waals surface area contributed by atoms with Crippen molar-refractivity contribution in [2.75, 3.05) is 25.7 Å². The van der Waals surface area contributed by atoms with Crippen LogP contribution < -0.4 is 9.64 Å². The van der Waals surface area contributed by atoms with Gasteiger partial charge in [-0.2, -0.15) is 0 Å². The molecule has 0 saturated heterocycles. The summed E-state index contributed by atoms with van der Waals surface area (Å²) in [6, 6.07) is 23.3. The average Bonchev–Trinajstić information content (AvgIpc) is 3.75. The zero-order valence-electron chi connectivity index (χ0n) is 19.8. The molecule has 0 heterocycles. The van der Waals surface area contributed by atoms with E-state index in [2.05, 4.69) is 0 Å². The van der Waals surface area contributed by atoms with Crippen LogP contribution in [0.5, 0.6) is 5.75 Å². The highest BCUT2D eigenvalue weighted by atomic mass is 16.5. The number of anilines is 1. The van der Waals surface area contributed by atoms with Crippen LogP contribution in [0.3, 0.4) is 0 Å². The summed E-state index contributed by atoms with van der Waals surface area (Å²) in [4.78, 5) is 42.2. The molecular formula is C28H28N2O5. The highest BCUT2D eigenvalue weighted by Crippen LogP contribution is 2.29. The summed E-state index contributed by atoms with van der Waals surface area (Å²) in [7, 11) is 3.25. The molecule has 2 amide bonds. The average molecular weight is 473 g/mol. The van der Waals surface area contributed by atoms with Gasteiger partial charge in [0.2, 0.25) is 0 Å². The maximum absolute atomic E-state index is 13.1. The van der Waals surface area contributed by atoms with Gasteiger partial charge in [0.1, 0.15) is 5.75 Å². The molecule has 1 saturated carbocycles. The zero-order valence-corrected chi connectivity index (χ0v) is 19.8. The first-order valence-corrected chi connectivity index (χ1v) is 11.5. The summed E-state index contributed by atoms with van der Waals surface area (Å²) in [5.74, 6) is -0.557. The lowest BCUT2D eigenvalue weighted by molar-refractivity contribution is -0.135. The third-order valence-electron chi connectivity index (χ3n) is 5.97. The zero-order chi connectivity index (χ0) is 24.8. The minimum atomic E-state index is -0.705. The highest BCUT2D eigenvalue weighted by molar-refractivity contribution is 6.12. The van der Waals surface area contributed by atoms with Crippen molar-refractivity contribution in [3.8, 4) is 5.75 Å². The standard InChI is InChI=1S/C28H28N2O5/c1-29(21-8-4-3-5-9-21)27(32)24-10-6-7-11-25(24)28(33)35-19-26(31)30(22-14-15-22)18-20-12-16-23(34-2)17-13-20/h3-13,16-17,22H,14-15,18-19H2,1-2H3. The van der Waals surface area contributed by atoms with Gasteiger partial charge in [0.25, 0.3) is 11.8 Å². The largest absolute Gasteiger partial charge is 0.497 e. The summed E-state index contributed by atoms with van der Waals surface area (Å²) in [5.41, 5.74) is 2.02. The molecule has 180 valence electrons. The van der Waals surface area contributed by atoms with Crippen LogP contribution >= 0.6 is 0 Å². The van der Waals surface area contributed by atoms with Gasteiger partial charge < -0.3 is 19.3 Å². The number of para-hydroxylation sites is 1. The molecule has 0 spiro atoms. The van der Waals surface area contributed by atoms with Crippen molar-refractivity contribution in [2.45, 2.75) is 25.4 Å². The van der Waals surface area contributed by atoms with Crippen LogP contribution in [0.4, 0.5) is 5.69 Å². The highest BCUT2D eigenvalue weighted by Gasteiger charge is 2.33. The van der Waals surface area contributed by atoms with Crippen molar-refractivity contribution in [2.24, 2.45) is 0 Å². The van der Waals surface area contributed by atoms with Gasteiger partial charge in [0, 0.05) is 25.3 Å². The predicted octanol–water partition coefficient (Wildman–Crippen LogP) is 4.32. The first kappa shape index (κ1) is 24.0. The van der Waals surface area contributed by atoms with E-state index < -0.39 is 5.97 Å². The number of nitrogens with zero attached hydrogens (tertiary/aromatic N) is 2. The normalized spacial score (nSPS) is 12.5. The molecule has 1 aliphatic carbocycles. The first-order valence-electron chi connectivity index (χ1n) is 11.5. The third-order valence-corrected chi connectivity index (χ3v) is 5.97. The Labute approximate surface area is 204 Å². The molecule has 0 N–H and O–H groups in total. The van der Waals surface area contributed by atoms with Crippen LogP contribution in [0.2, 0.25) is 0 Å². The Morgan fingerprint density at radius 3 is 2.11 bits per heavy atom. The Morgan fingerprint density at radius 1 is 0.857 bits per heavy atom. The van der Waals surface area contributed by atoms with Gasteiger partial charge in [-0.3, -0.25) is 9.59 Å². The van der Waals surface area contributed by atoms with Crippen LogP contribution in [-0.4, -0.2) is 49.5 Å². The van der Waals surface area contributed by atoms with E-state index >= 15 is 0 Å². The van der Waals surface area contributed by atoms with Crippen molar-refractivity contribution in [3.05, 3.63) is 95.6 Å². The van der Waals surface area contributed by atoms with Gasteiger partial charge in [-0.1, -0.05) is 42.5 Å². The van der Waals surface area contributed by atoms with E-state index in [1.165, 1.54) is 11.0 Å². The lowest BCUT2D eigenvalue weighted by Crippen LogP contribution is -2.36. The van der Waals surface area contributed by atoms with E-state index in [1.807, 2.05) is 54.6 Å². The van der Waals surface area contributed by atoms with Crippen LogP contribution in [0.1, 0.15) is 39.1 Å². The van der Waals surface area contributed by atoms with Crippen LogP contribution in [0.25, 0.3) is 0 Å². The molecule has 4 rings (SSSR count). The number of amides is 2. The lowest BCUT2D eigenvalue weighted by Gasteiger charge is -2.23. The first-order chi connectivity index (χ1) is 17.0. The van der Waals surface area contributed by atoms with Crippen LogP contribution in [0, 0.1) is 0 Å². The van der Waals surface area contributed by atoms with E-state index in [4.69, 9.17) is 9.47 Å². The van der Waals surface area contributed by atoms with Gasteiger partial charge in [-0.25, -0.2) is 4.79 Å². The summed E-state index contributed by atoms with van der Waals surface area (Å²) in [6.07, 6.45) is 1.86. The number of rotatable bonds is 9. The Kier molecular flexibility index (Phi) is 7.45. The molecule has 0 aromatic heterocycles. The quantitative estimate of drug-likeness (QED) is 0.434. The third kappa shape index (κ3) is 5.87. The van der Waals surface area contributed by atoms with E-state index in [0.29, 0.717) is 12.2 Å². The maximum atomic E-state index is 13.1. The van der Waals surface area contributed by atoms with E-state index in [-0.39, 0.29) is 35.6 Å². The fourth-order valence-electron chi connectivity index (χ4n) is 3.82. The van der Waals surface area contributed by atoms with Crippen molar-refractivity contribution >= 4 is 23.5 Å². The molecule has 3 aromatic rings. The van der Waals surface area contributed by atoms with Gasteiger partial charge in [-0.15, -0.1) is 0 Å². The fraction of sp³-hybridized carbons (Fsp3) is 0.250. The van der Waals surface area contributed by atoms with Crippen molar-refractivity contribution in [3.63, 3.8) is 0 Å². The summed E-state index contributed by atoms with van der Waals surface area (Å²) in [5, 5.41) is 0. The van der Waals surface area contributed by atoms with Crippen molar-refractivity contribution in [1.82, 2.24) is 4.90 Å². The minimum Gasteiger partial charge on any atom is -0.497 e. The van der Waals surface area contributed by atoms with Crippen molar-refractivity contribution in [1.29, 1.82) is 0 Å². The number of carbonyl (C=O) groups excluding carboxylic acids is 3. The Hall–Kier alpha value is -4.13. The topological polar surface area (TPSA) is 76.1 Å². The van der Waals surface area contributed by atoms with E-state index in [9.17, 15) is 14.4 Å². The van der Waals surface area contributed by atoms with Crippen LogP contribution in [-0.2, 0) is 16.1 Å². The fourth-order valence-corrected chi connectivity index (χ4v) is 3.82. The number of hydrogen-bond donors (Lipinski definition) is 0. The molecule has 1 fully saturated rings. The molecule has 35 heavy (non-hydrogen) atoms.